The van der Waals surface area contributed by atoms with Crippen molar-refractivity contribution in [2.75, 3.05) is 11.9 Å². The van der Waals surface area contributed by atoms with Crippen molar-refractivity contribution in [3.05, 3.63) is 86.6 Å². The third-order valence-electron chi connectivity index (χ3n) is 5.22. The number of aryl methyl sites for hydroxylation is 2. The molecule has 0 saturated carbocycles. The van der Waals surface area contributed by atoms with E-state index in [2.05, 4.69) is 23.7 Å². The lowest BCUT2D eigenvalue weighted by atomic mass is 9.99. The monoisotopic (exact) mass is 441 g/mol. The molecule has 0 fully saturated rings. The first-order valence-electron chi connectivity index (χ1n) is 10.3. The molecule has 0 spiro atoms. The molecule has 0 bridgehead atoms. The van der Waals surface area contributed by atoms with E-state index >= 15 is 0 Å². The topological polar surface area (TPSA) is 65.3 Å². The van der Waals surface area contributed by atoms with Crippen molar-refractivity contribution >= 4 is 23.3 Å². The van der Waals surface area contributed by atoms with Gasteiger partial charge in [0.05, 0.1) is 29.6 Å². The number of esters is 1. The average Bonchev–Trinajstić information content (AvgIpc) is 3.16. The average molecular weight is 442 g/mol. The van der Waals surface area contributed by atoms with Gasteiger partial charge in [-0.25, -0.2) is 4.79 Å². The summed E-state index contributed by atoms with van der Waals surface area (Å²) in [7, 11) is 1.71. The number of nitrogens with zero attached hydrogens (tertiary/aromatic N) is 2. The summed E-state index contributed by atoms with van der Waals surface area (Å²) in [5.41, 5.74) is 3.78. The Hall–Kier alpha value is -2.99. The molecule has 0 aliphatic heterocycles. The Morgan fingerprint density at radius 2 is 1.87 bits per heavy atom. The molecular weight excluding hydrogens is 414 g/mol. The van der Waals surface area contributed by atoms with Crippen LogP contribution < -0.4 is 10.9 Å². The van der Waals surface area contributed by atoms with Crippen LogP contribution in [0.1, 0.15) is 60.0 Å². The molecule has 3 rings (SSSR count). The van der Waals surface area contributed by atoms with Crippen LogP contribution in [0.2, 0.25) is 5.02 Å². The van der Waals surface area contributed by atoms with Gasteiger partial charge < -0.3 is 19.2 Å². The maximum atomic E-state index is 12.8. The first-order valence-corrected chi connectivity index (χ1v) is 10.7. The first kappa shape index (κ1) is 22.7. The van der Waals surface area contributed by atoms with Crippen LogP contribution in [0, 0.1) is 6.92 Å². The molecule has 1 aromatic carbocycles. The maximum Gasteiger partial charge on any atom is 0.340 e. The number of anilines is 1. The predicted molar refractivity (Wildman–Crippen MR) is 124 cm³/mol. The predicted octanol–water partition coefficient (Wildman–Crippen LogP) is 5.11. The van der Waals surface area contributed by atoms with Gasteiger partial charge >= 0.3 is 5.97 Å². The van der Waals surface area contributed by atoms with Crippen LogP contribution in [0.5, 0.6) is 0 Å². The second-order valence-corrected chi connectivity index (χ2v) is 8.22. The molecule has 164 valence electrons. The summed E-state index contributed by atoms with van der Waals surface area (Å²) in [6, 6.07) is 10.7. The number of carbonyl (C=O) groups excluding carboxylic acids is 1. The Kier molecular flexibility index (Phi) is 6.91. The first-order chi connectivity index (χ1) is 14.7. The Labute approximate surface area is 187 Å². The molecule has 1 atom stereocenters. The molecule has 0 radical (unpaired) electrons. The Bertz CT molecular complexity index is 1130. The fraction of sp³-hybridized carbons (Fsp3) is 0.333. The van der Waals surface area contributed by atoms with Gasteiger partial charge in [0, 0.05) is 36.6 Å². The zero-order chi connectivity index (χ0) is 22.7. The highest BCUT2D eigenvalue weighted by atomic mass is 35.5. The molecule has 0 amide bonds. The van der Waals surface area contributed by atoms with E-state index in [0.717, 1.165) is 22.5 Å². The summed E-state index contributed by atoms with van der Waals surface area (Å²) >= 11 is 6.13. The normalized spacial score (nSPS) is 12.1. The molecule has 1 unspecified atom stereocenters. The van der Waals surface area contributed by atoms with E-state index < -0.39 is 0 Å². The second kappa shape index (κ2) is 9.43. The minimum Gasteiger partial charge on any atom is -0.462 e. The van der Waals surface area contributed by atoms with Gasteiger partial charge in [-0.15, -0.1) is 0 Å². The van der Waals surface area contributed by atoms with Crippen LogP contribution in [0.15, 0.2) is 53.6 Å². The van der Waals surface area contributed by atoms with Crippen molar-refractivity contribution in [1.82, 2.24) is 9.13 Å². The molecule has 0 aliphatic rings. The zero-order valence-corrected chi connectivity index (χ0v) is 19.2. The fourth-order valence-electron chi connectivity index (χ4n) is 3.59. The van der Waals surface area contributed by atoms with E-state index in [4.69, 9.17) is 16.3 Å². The summed E-state index contributed by atoms with van der Waals surface area (Å²) in [5.74, 6) is -0.366. The Morgan fingerprint density at radius 3 is 2.48 bits per heavy atom. The standard InChI is InChI=1S/C24H28ClN3O3/c1-6-31-24(30)19-11-12-28(15(2)3)23(19)22(17-7-9-18(25)10-8-17)26-20-14-27(5)21(29)13-16(20)4/h7-15,22,26H,6H2,1-5H3. The van der Waals surface area contributed by atoms with Crippen molar-refractivity contribution in [2.45, 2.75) is 39.8 Å². The number of carbonyl (C=O) groups is 1. The lowest BCUT2D eigenvalue weighted by Gasteiger charge is -2.26. The SMILES string of the molecule is CCOC(=O)c1ccn(C(C)C)c1C(Nc1cn(C)c(=O)cc1C)c1ccc(Cl)cc1. The van der Waals surface area contributed by atoms with Crippen LogP contribution in [0.3, 0.4) is 0 Å². The van der Waals surface area contributed by atoms with Crippen molar-refractivity contribution in [3.63, 3.8) is 0 Å². The molecule has 0 saturated heterocycles. The van der Waals surface area contributed by atoms with Crippen LogP contribution in [-0.2, 0) is 11.8 Å². The van der Waals surface area contributed by atoms with Gasteiger partial charge in [-0.05, 0) is 57.0 Å². The number of hydrogen-bond donors (Lipinski definition) is 1. The summed E-state index contributed by atoms with van der Waals surface area (Å²) < 4.78 is 8.92. The number of hydrogen-bond acceptors (Lipinski definition) is 4. The minimum atomic E-state index is -0.370. The highest BCUT2D eigenvalue weighted by Gasteiger charge is 2.27. The quantitative estimate of drug-likeness (QED) is 0.517. The summed E-state index contributed by atoms with van der Waals surface area (Å²) in [4.78, 5) is 24.8. The van der Waals surface area contributed by atoms with Gasteiger partial charge in [0.2, 0.25) is 0 Å². The number of pyridine rings is 1. The highest BCUT2D eigenvalue weighted by Crippen LogP contribution is 2.33. The lowest BCUT2D eigenvalue weighted by Crippen LogP contribution is -2.23. The van der Waals surface area contributed by atoms with E-state index in [1.54, 1.807) is 32.3 Å². The Balaban J connectivity index is 2.21. The van der Waals surface area contributed by atoms with Crippen molar-refractivity contribution < 1.29 is 9.53 Å². The lowest BCUT2D eigenvalue weighted by molar-refractivity contribution is 0.0524. The molecule has 7 heteroatoms. The van der Waals surface area contributed by atoms with Crippen molar-refractivity contribution in [2.24, 2.45) is 7.05 Å². The van der Waals surface area contributed by atoms with E-state index in [9.17, 15) is 9.59 Å². The smallest absolute Gasteiger partial charge is 0.340 e. The molecule has 2 heterocycles. The van der Waals surface area contributed by atoms with Crippen molar-refractivity contribution in [3.8, 4) is 0 Å². The fourth-order valence-corrected chi connectivity index (χ4v) is 3.72. The number of aromatic nitrogens is 2. The van der Waals surface area contributed by atoms with Crippen LogP contribution in [-0.4, -0.2) is 21.7 Å². The van der Waals surface area contributed by atoms with E-state index in [1.165, 1.54) is 4.57 Å². The minimum absolute atomic E-state index is 0.0798. The molecule has 3 aromatic rings. The van der Waals surface area contributed by atoms with E-state index in [-0.39, 0.29) is 23.6 Å². The van der Waals surface area contributed by atoms with E-state index in [1.807, 2.05) is 37.4 Å². The molecule has 6 nitrogen and oxygen atoms in total. The molecular formula is C24H28ClN3O3. The second-order valence-electron chi connectivity index (χ2n) is 7.78. The number of halogens is 1. The van der Waals surface area contributed by atoms with E-state index in [0.29, 0.717) is 17.2 Å². The summed E-state index contributed by atoms with van der Waals surface area (Å²) in [5, 5.41) is 4.18. The number of nitrogens with one attached hydrogen (secondary N) is 1. The highest BCUT2D eigenvalue weighted by molar-refractivity contribution is 6.30. The molecule has 1 N–H and O–H groups in total. The van der Waals surface area contributed by atoms with Crippen LogP contribution >= 0.6 is 11.6 Å². The summed E-state index contributed by atoms with van der Waals surface area (Å²) in [6.07, 6.45) is 3.68. The number of benzene rings is 1. The van der Waals surface area contributed by atoms with Crippen LogP contribution in [0.4, 0.5) is 5.69 Å². The van der Waals surface area contributed by atoms with Crippen molar-refractivity contribution in [1.29, 1.82) is 0 Å². The van der Waals surface area contributed by atoms with Gasteiger partial charge in [0.15, 0.2) is 0 Å². The van der Waals surface area contributed by atoms with Gasteiger partial charge in [0.25, 0.3) is 5.56 Å². The molecule has 0 aliphatic carbocycles. The Morgan fingerprint density at radius 1 is 1.19 bits per heavy atom. The number of ether oxygens (including phenoxy) is 1. The third kappa shape index (κ3) is 4.85. The maximum absolute atomic E-state index is 12.8. The van der Waals surface area contributed by atoms with Gasteiger partial charge in [-0.1, -0.05) is 23.7 Å². The zero-order valence-electron chi connectivity index (χ0n) is 18.5. The van der Waals surface area contributed by atoms with Crippen LogP contribution in [0.25, 0.3) is 0 Å². The molecule has 31 heavy (non-hydrogen) atoms. The molecule has 2 aromatic heterocycles. The van der Waals surface area contributed by atoms with Gasteiger partial charge in [-0.2, -0.15) is 0 Å². The largest absolute Gasteiger partial charge is 0.462 e. The summed E-state index contributed by atoms with van der Waals surface area (Å²) in [6.45, 7) is 8.10. The number of rotatable bonds is 7. The third-order valence-corrected chi connectivity index (χ3v) is 5.47. The van der Waals surface area contributed by atoms with Gasteiger partial charge in [0.1, 0.15) is 0 Å². The van der Waals surface area contributed by atoms with Gasteiger partial charge in [-0.3, -0.25) is 4.79 Å².